The average Bonchev–Trinajstić information content (AvgIpc) is 3.08. The van der Waals surface area contributed by atoms with E-state index in [4.69, 9.17) is 0 Å². The zero-order valence-electron chi connectivity index (χ0n) is 10.7. The summed E-state index contributed by atoms with van der Waals surface area (Å²) >= 11 is 0. The average molecular weight is 246 g/mol. The first-order valence-corrected chi connectivity index (χ1v) is 6.51. The Balaban J connectivity index is 2.12. The van der Waals surface area contributed by atoms with Gasteiger partial charge >= 0.3 is 0 Å². The van der Waals surface area contributed by atoms with Crippen molar-refractivity contribution in [1.82, 2.24) is 9.97 Å². The van der Waals surface area contributed by atoms with Crippen LogP contribution in [0.2, 0.25) is 0 Å². The molecular weight excluding hydrogens is 232 g/mol. The van der Waals surface area contributed by atoms with Crippen molar-refractivity contribution in [2.45, 2.75) is 12.3 Å². The number of fused-ring (bicyclic) bond motifs is 3. The molecule has 2 nitrogen and oxygen atoms in total. The van der Waals surface area contributed by atoms with Gasteiger partial charge in [0.25, 0.3) is 0 Å². The summed E-state index contributed by atoms with van der Waals surface area (Å²) in [6.07, 6.45) is 3.72. The van der Waals surface area contributed by atoms with E-state index in [1.165, 1.54) is 22.3 Å². The maximum atomic E-state index is 4.51. The lowest BCUT2D eigenvalue weighted by atomic mass is 9.79. The van der Waals surface area contributed by atoms with Crippen LogP contribution in [0, 0.1) is 0 Å². The molecule has 0 radical (unpaired) electrons. The molecule has 1 N–H and O–H groups in total. The van der Waals surface area contributed by atoms with Gasteiger partial charge in [0, 0.05) is 12.4 Å². The molecule has 19 heavy (non-hydrogen) atoms. The molecule has 1 aliphatic carbocycles. The maximum absolute atomic E-state index is 4.51. The fourth-order valence-corrected chi connectivity index (χ4v) is 3.25. The molecule has 3 aromatic rings. The molecule has 0 unspecified atom stereocenters. The third-order valence-corrected chi connectivity index (χ3v) is 4.19. The highest BCUT2D eigenvalue weighted by atomic mass is 14.9. The molecule has 0 aliphatic heterocycles. The Morgan fingerprint density at radius 2 is 1.47 bits per heavy atom. The molecule has 92 valence electrons. The molecule has 0 amide bonds. The summed E-state index contributed by atoms with van der Waals surface area (Å²) in [5.41, 5.74) is 5.10. The second-order valence-corrected chi connectivity index (χ2v) is 5.15. The minimum atomic E-state index is -0.184. The predicted molar refractivity (Wildman–Crippen MR) is 76.0 cm³/mol. The molecule has 2 heteroatoms. The fourth-order valence-electron chi connectivity index (χ4n) is 3.25. The molecule has 0 atom stereocenters. The summed E-state index contributed by atoms with van der Waals surface area (Å²) in [6.45, 7) is 2.25. The highest BCUT2D eigenvalue weighted by Gasteiger charge is 2.42. The SMILES string of the molecule is CC1(c2ncc[nH]2)c2ccccc2-c2ccccc21. The van der Waals surface area contributed by atoms with Crippen LogP contribution >= 0.6 is 0 Å². The largest absolute Gasteiger partial charge is 0.348 e. The van der Waals surface area contributed by atoms with Gasteiger partial charge in [-0.3, -0.25) is 0 Å². The second-order valence-electron chi connectivity index (χ2n) is 5.15. The van der Waals surface area contributed by atoms with Crippen molar-refractivity contribution in [3.63, 3.8) is 0 Å². The lowest BCUT2D eigenvalue weighted by molar-refractivity contribution is 0.663. The third-order valence-electron chi connectivity index (χ3n) is 4.19. The van der Waals surface area contributed by atoms with Gasteiger partial charge in [-0.1, -0.05) is 48.5 Å². The summed E-state index contributed by atoms with van der Waals surface area (Å²) < 4.78 is 0. The zero-order chi connectivity index (χ0) is 12.9. The van der Waals surface area contributed by atoms with Crippen molar-refractivity contribution in [3.8, 4) is 11.1 Å². The topological polar surface area (TPSA) is 28.7 Å². The smallest absolute Gasteiger partial charge is 0.120 e. The van der Waals surface area contributed by atoms with Gasteiger partial charge in [0.2, 0.25) is 0 Å². The van der Waals surface area contributed by atoms with Gasteiger partial charge in [0.15, 0.2) is 0 Å². The Morgan fingerprint density at radius 1 is 0.895 bits per heavy atom. The first kappa shape index (κ1) is 10.6. The highest BCUT2D eigenvalue weighted by molar-refractivity contribution is 5.82. The van der Waals surface area contributed by atoms with E-state index in [1.807, 2.05) is 12.4 Å². The van der Waals surface area contributed by atoms with Gasteiger partial charge in [-0.05, 0) is 29.2 Å². The number of nitrogens with zero attached hydrogens (tertiary/aromatic N) is 1. The number of aromatic amines is 1. The Labute approximate surface area is 112 Å². The molecule has 2 aromatic carbocycles. The number of aromatic nitrogens is 2. The molecule has 4 rings (SSSR count). The van der Waals surface area contributed by atoms with Gasteiger partial charge in [-0.2, -0.15) is 0 Å². The number of nitrogens with one attached hydrogen (secondary N) is 1. The van der Waals surface area contributed by atoms with Crippen LogP contribution in [-0.4, -0.2) is 9.97 Å². The van der Waals surface area contributed by atoms with Gasteiger partial charge in [-0.15, -0.1) is 0 Å². The summed E-state index contributed by atoms with van der Waals surface area (Å²) in [7, 11) is 0. The van der Waals surface area contributed by atoms with Crippen LogP contribution in [0.4, 0.5) is 0 Å². The van der Waals surface area contributed by atoms with Crippen LogP contribution in [-0.2, 0) is 5.41 Å². The number of hydrogen-bond acceptors (Lipinski definition) is 1. The maximum Gasteiger partial charge on any atom is 0.120 e. The first-order valence-electron chi connectivity index (χ1n) is 6.51. The molecular formula is C17H14N2. The Morgan fingerprint density at radius 3 is 2.00 bits per heavy atom. The van der Waals surface area contributed by atoms with Gasteiger partial charge in [-0.25, -0.2) is 4.98 Å². The lowest BCUT2D eigenvalue weighted by Gasteiger charge is -2.24. The van der Waals surface area contributed by atoms with Crippen LogP contribution in [0.1, 0.15) is 23.9 Å². The number of hydrogen-bond donors (Lipinski definition) is 1. The summed E-state index contributed by atoms with van der Waals surface area (Å²) in [4.78, 5) is 7.80. The van der Waals surface area contributed by atoms with E-state index in [2.05, 4.69) is 65.4 Å². The van der Waals surface area contributed by atoms with Crippen LogP contribution in [0.5, 0.6) is 0 Å². The minimum absolute atomic E-state index is 0.184. The Hall–Kier alpha value is -2.35. The van der Waals surface area contributed by atoms with Crippen LogP contribution in [0.25, 0.3) is 11.1 Å². The molecule has 0 fully saturated rings. The molecule has 1 aliphatic rings. The zero-order valence-corrected chi connectivity index (χ0v) is 10.7. The van der Waals surface area contributed by atoms with E-state index in [0.29, 0.717) is 0 Å². The van der Waals surface area contributed by atoms with Crippen molar-refractivity contribution in [1.29, 1.82) is 0 Å². The van der Waals surface area contributed by atoms with Crippen molar-refractivity contribution in [2.24, 2.45) is 0 Å². The molecule has 0 saturated carbocycles. The fraction of sp³-hybridized carbons (Fsp3) is 0.118. The van der Waals surface area contributed by atoms with Crippen molar-refractivity contribution < 1.29 is 0 Å². The van der Waals surface area contributed by atoms with Crippen LogP contribution < -0.4 is 0 Å². The van der Waals surface area contributed by atoms with E-state index in [-0.39, 0.29) is 5.41 Å². The van der Waals surface area contributed by atoms with Crippen molar-refractivity contribution >= 4 is 0 Å². The molecule has 1 heterocycles. The van der Waals surface area contributed by atoms with E-state index in [9.17, 15) is 0 Å². The van der Waals surface area contributed by atoms with E-state index in [0.717, 1.165) is 5.82 Å². The van der Waals surface area contributed by atoms with Crippen LogP contribution in [0.3, 0.4) is 0 Å². The number of rotatable bonds is 1. The molecule has 0 spiro atoms. The summed E-state index contributed by atoms with van der Waals surface area (Å²) in [5.74, 6) is 1.00. The van der Waals surface area contributed by atoms with Gasteiger partial charge in [0.05, 0.1) is 5.41 Å². The number of H-pyrrole nitrogens is 1. The number of benzene rings is 2. The van der Waals surface area contributed by atoms with E-state index < -0.39 is 0 Å². The Bertz CT molecular complexity index is 696. The van der Waals surface area contributed by atoms with E-state index in [1.54, 1.807) is 0 Å². The second kappa shape index (κ2) is 3.58. The van der Waals surface area contributed by atoms with Crippen molar-refractivity contribution in [3.05, 3.63) is 77.9 Å². The normalized spacial score (nSPS) is 15.0. The Kier molecular flexibility index (Phi) is 1.99. The lowest BCUT2D eigenvalue weighted by Crippen LogP contribution is -2.24. The summed E-state index contributed by atoms with van der Waals surface area (Å²) in [5, 5.41) is 0. The monoisotopic (exact) mass is 246 g/mol. The van der Waals surface area contributed by atoms with E-state index >= 15 is 0 Å². The molecule has 1 aromatic heterocycles. The predicted octanol–water partition coefficient (Wildman–Crippen LogP) is 3.74. The summed E-state index contributed by atoms with van der Waals surface area (Å²) in [6, 6.07) is 17.2. The highest BCUT2D eigenvalue weighted by Crippen LogP contribution is 2.50. The first-order chi connectivity index (χ1) is 9.32. The quantitative estimate of drug-likeness (QED) is 0.696. The number of imidazole rings is 1. The van der Waals surface area contributed by atoms with Crippen LogP contribution in [0.15, 0.2) is 60.9 Å². The minimum Gasteiger partial charge on any atom is -0.348 e. The molecule has 0 bridgehead atoms. The third kappa shape index (κ3) is 1.23. The molecule has 0 saturated heterocycles. The van der Waals surface area contributed by atoms with Gasteiger partial charge in [0.1, 0.15) is 5.82 Å². The van der Waals surface area contributed by atoms with Crippen molar-refractivity contribution in [2.75, 3.05) is 0 Å². The standard InChI is InChI=1S/C17H14N2/c1-17(16-18-10-11-19-16)14-8-4-2-6-12(14)13-7-3-5-9-15(13)17/h2-11H,1H3,(H,18,19). The van der Waals surface area contributed by atoms with Gasteiger partial charge < -0.3 is 4.98 Å².